The zero-order valence-corrected chi connectivity index (χ0v) is 42.8. The summed E-state index contributed by atoms with van der Waals surface area (Å²) in [6, 6.07) is 0. The second-order valence-corrected chi connectivity index (χ2v) is 18.6. The summed E-state index contributed by atoms with van der Waals surface area (Å²) in [5, 5.41) is 0. The van der Waals surface area contributed by atoms with E-state index in [1.165, 1.54) is 89.2 Å². The van der Waals surface area contributed by atoms with Crippen LogP contribution < -0.4 is 0 Å². The average Bonchev–Trinajstić information content (AvgIpc) is 3.21. The lowest BCUT2D eigenvalue weighted by Crippen LogP contribution is -2.24. The van der Waals surface area contributed by atoms with E-state index in [0.717, 1.165) is 96.3 Å². The first-order valence-corrected chi connectivity index (χ1v) is 24.1. The summed E-state index contributed by atoms with van der Waals surface area (Å²) in [5.41, 5.74) is 15.5. The fourth-order valence-corrected chi connectivity index (χ4v) is 7.59. The van der Waals surface area contributed by atoms with E-state index in [2.05, 4.69) is 137 Å². The Labute approximate surface area is 387 Å². The molecule has 0 amide bonds. The molecule has 0 atom stereocenters. The molecule has 63 heavy (non-hydrogen) atoms. The van der Waals surface area contributed by atoms with Crippen LogP contribution in [-0.2, 0) is 19.1 Å². The van der Waals surface area contributed by atoms with Crippen LogP contribution >= 0.6 is 0 Å². The Kier molecular flexibility index (Phi) is 30.1. The van der Waals surface area contributed by atoms with Crippen LogP contribution in [0.1, 0.15) is 205 Å². The molecule has 4 nitrogen and oxygen atoms in total. The highest BCUT2D eigenvalue weighted by atomic mass is 16.5. The number of Topliss-reactive ketones (excluding diaryl/α,β-unsaturated/α-hetero) is 2. The van der Waals surface area contributed by atoms with E-state index in [1.54, 1.807) is 6.92 Å². The van der Waals surface area contributed by atoms with Crippen molar-refractivity contribution < 1.29 is 19.1 Å². The standard InChI is InChI=1S/C59H90O4/c1-44(2)24-15-25-45(3)26-16-27-46(4)28-17-29-47(5)30-18-31-48(6)32-19-33-49(7)34-20-35-50(8)36-21-37-51(9)38-22-39-52(10)40-23-41-53(11)42-43-55-54(12)56(60)58(62-13)59(63-14)57(55)61/h24,26,28,30,32,34,36,38,40,42H,15-23,25,27,29,31,33,35,37,39,41,43H2,1-14H3/b45-26+,46-28+,47-30+,48-32+,49-34+,50-36+,51-38+,52-40+,53-42+/i53+2. The molecule has 0 saturated carbocycles. The summed E-state index contributed by atoms with van der Waals surface area (Å²) < 4.78 is 10.3. The molecule has 0 heterocycles. The second kappa shape index (κ2) is 33.3. The number of carbonyl (C=O) groups is 2. The molecule has 350 valence electrons. The number of carbonyl (C=O) groups excluding carboxylic acids is 2. The molecule has 0 N–H and O–H groups in total. The smallest absolute Gasteiger partial charge is 0.228 e. The SMILES string of the molecule is COC1=C(OC)C(=O)C(C/C=[14C](\C)CC/C=C(\C)CC/C=C(\C)CC/C=C(\C)CC/C=C(\C)CC/C=C(\C)CC/C=C(\C)CC/C=C(\C)CC/C=C(\C)CCC=C(C)C)=C(C)C1=O. The molecule has 0 saturated heterocycles. The molecule has 1 aliphatic rings. The van der Waals surface area contributed by atoms with Crippen LogP contribution in [0.2, 0.25) is 0 Å². The average molecular weight is 865 g/mol. The van der Waals surface area contributed by atoms with Crippen LogP contribution in [0.25, 0.3) is 0 Å². The van der Waals surface area contributed by atoms with Gasteiger partial charge in [0.05, 0.1) is 14.2 Å². The summed E-state index contributed by atoms with van der Waals surface area (Å²) in [6.07, 6.45) is 44.3. The Bertz CT molecular complexity index is 1840. The molecule has 0 aromatic carbocycles. The quantitative estimate of drug-likeness (QED) is 0.0515. The minimum absolute atomic E-state index is 0.00667. The highest BCUT2D eigenvalue weighted by Crippen LogP contribution is 2.28. The maximum absolute atomic E-state index is 12.9. The summed E-state index contributed by atoms with van der Waals surface area (Å²) in [5.74, 6) is -0.572. The van der Waals surface area contributed by atoms with E-state index in [0.29, 0.717) is 17.6 Å². The molecular weight excluding hydrogens is 775 g/mol. The van der Waals surface area contributed by atoms with Crippen LogP contribution in [0.3, 0.4) is 0 Å². The summed E-state index contributed by atoms with van der Waals surface area (Å²) >= 11 is 0. The molecule has 0 aromatic rings. The van der Waals surface area contributed by atoms with Gasteiger partial charge in [-0.15, -0.1) is 0 Å². The van der Waals surface area contributed by atoms with E-state index < -0.39 is 0 Å². The number of hydrogen-bond acceptors (Lipinski definition) is 4. The zero-order chi connectivity index (χ0) is 47.2. The van der Waals surface area contributed by atoms with Crippen LogP contribution in [-0.4, -0.2) is 25.8 Å². The van der Waals surface area contributed by atoms with Crippen LogP contribution in [0, 0.1) is 0 Å². The van der Waals surface area contributed by atoms with Gasteiger partial charge in [-0.25, -0.2) is 0 Å². The van der Waals surface area contributed by atoms with Crippen molar-refractivity contribution in [2.24, 2.45) is 0 Å². The molecule has 4 heteroatoms. The normalized spacial score (nSPS) is 15.9. The van der Waals surface area contributed by atoms with Crippen molar-refractivity contribution in [2.45, 2.75) is 205 Å². The van der Waals surface area contributed by atoms with Gasteiger partial charge in [-0.3, -0.25) is 9.59 Å². The maximum atomic E-state index is 12.9. The predicted molar refractivity (Wildman–Crippen MR) is 275 cm³/mol. The predicted octanol–water partition coefficient (Wildman–Crippen LogP) is 17.9. The molecule has 1 rings (SSSR count). The van der Waals surface area contributed by atoms with Gasteiger partial charge >= 0.3 is 0 Å². The largest absolute Gasteiger partial charge is 0.489 e. The monoisotopic (exact) mass is 865 g/mol. The molecule has 0 aromatic heterocycles. The Morgan fingerprint density at radius 1 is 0.429 bits per heavy atom. The van der Waals surface area contributed by atoms with E-state index >= 15 is 0 Å². The van der Waals surface area contributed by atoms with E-state index in [1.807, 2.05) is 0 Å². The number of rotatable bonds is 31. The van der Waals surface area contributed by atoms with Crippen molar-refractivity contribution in [1.82, 2.24) is 0 Å². The number of ether oxygens (including phenoxy) is 2. The van der Waals surface area contributed by atoms with Crippen molar-refractivity contribution in [3.63, 3.8) is 0 Å². The maximum Gasteiger partial charge on any atom is 0.228 e. The van der Waals surface area contributed by atoms with Crippen molar-refractivity contribution in [2.75, 3.05) is 14.2 Å². The lowest BCUT2D eigenvalue weighted by atomic mass is 9.91. The van der Waals surface area contributed by atoms with Gasteiger partial charge < -0.3 is 9.47 Å². The van der Waals surface area contributed by atoms with Crippen molar-refractivity contribution in [3.8, 4) is 0 Å². The van der Waals surface area contributed by atoms with Gasteiger partial charge in [-0.1, -0.05) is 116 Å². The minimum Gasteiger partial charge on any atom is -0.489 e. The molecule has 0 bridgehead atoms. The fourth-order valence-electron chi connectivity index (χ4n) is 7.59. The third-order valence-electron chi connectivity index (χ3n) is 12.1. The topological polar surface area (TPSA) is 52.6 Å². The van der Waals surface area contributed by atoms with Crippen molar-refractivity contribution in [1.29, 1.82) is 0 Å². The number of hydrogen-bond donors (Lipinski definition) is 0. The molecule has 0 unspecified atom stereocenters. The zero-order valence-electron chi connectivity index (χ0n) is 42.8. The van der Waals surface area contributed by atoms with Gasteiger partial charge in [0.25, 0.3) is 0 Å². The number of methoxy groups -OCH3 is 2. The lowest BCUT2D eigenvalue weighted by molar-refractivity contribution is -0.121. The van der Waals surface area contributed by atoms with Gasteiger partial charge in [0.1, 0.15) is 0 Å². The summed E-state index contributed by atoms with van der Waals surface area (Å²) in [6.45, 7) is 26.3. The lowest BCUT2D eigenvalue weighted by Gasteiger charge is -2.19. The summed E-state index contributed by atoms with van der Waals surface area (Å²) in [7, 11) is 2.78. The Balaban J connectivity index is 2.31. The molecule has 1 aliphatic carbocycles. The van der Waals surface area contributed by atoms with E-state index in [9.17, 15) is 9.59 Å². The van der Waals surface area contributed by atoms with Crippen LogP contribution in [0.5, 0.6) is 0 Å². The first kappa shape index (κ1) is 56.8. The van der Waals surface area contributed by atoms with Crippen LogP contribution in [0.15, 0.2) is 139 Å². The van der Waals surface area contributed by atoms with Crippen LogP contribution in [0.4, 0.5) is 0 Å². The van der Waals surface area contributed by atoms with Gasteiger partial charge in [0, 0.05) is 11.1 Å². The molecular formula is C59H90O4. The first-order chi connectivity index (χ1) is 30.0. The molecule has 0 aliphatic heterocycles. The third-order valence-corrected chi connectivity index (χ3v) is 12.1. The number of ketones is 2. The Morgan fingerprint density at radius 3 is 0.984 bits per heavy atom. The fraction of sp³-hybridized carbons (Fsp3) is 0.559. The summed E-state index contributed by atoms with van der Waals surface area (Å²) in [4.78, 5) is 25.5. The highest BCUT2D eigenvalue weighted by Gasteiger charge is 2.34. The van der Waals surface area contributed by atoms with Crippen molar-refractivity contribution >= 4 is 11.6 Å². The Hall–Kier alpha value is -4.18. The van der Waals surface area contributed by atoms with Gasteiger partial charge in [-0.05, 0) is 205 Å². The third kappa shape index (κ3) is 26.3. The van der Waals surface area contributed by atoms with Crippen molar-refractivity contribution in [3.05, 3.63) is 139 Å². The first-order valence-electron chi connectivity index (χ1n) is 24.1. The molecule has 0 radical (unpaired) electrons. The second-order valence-electron chi connectivity index (χ2n) is 18.6. The number of allylic oxidation sites excluding steroid dienone is 22. The van der Waals surface area contributed by atoms with E-state index in [4.69, 9.17) is 9.47 Å². The van der Waals surface area contributed by atoms with Gasteiger partial charge in [0.2, 0.25) is 23.1 Å². The molecule has 0 spiro atoms. The Morgan fingerprint density at radius 2 is 0.698 bits per heavy atom. The van der Waals surface area contributed by atoms with E-state index in [-0.39, 0.29) is 23.1 Å². The molecule has 0 fully saturated rings. The van der Waals surface area contributed by atoms with Gasteiger partial charge in [-0.2, -0.15) is 0 Å². The van der Waals surface area contributed by atoms with Gasteiger partial charge in [0.15, 0.2) is 0 Å². The minimum atomic E-state index is -0.284. The highest BCUT2D eigenvalue weighted by molar-refractivity contribution is 6.23.